The highest BCUT2D eigenvalue weighted by Crippen LogP contribution is 2.25. The second-order valence-corrected chi connectivity index (χ2v) is 5.22. The van der Waals surface area contributed by atoms with Gasteiger partial charge in [-0.25, -0.2) is 4.98 Å². The summed E-state index contributed by atoms with van der Waals surface area (Å²) in [6.07, 6.45) is 5.93. The van der Waals surface area contributed by atoms with E-state index >= 15 is 0 Å². The van der Waals surface area contributed by atoms with Gasteiger partial charge in [0.15, 0.2) is 5.82 Å². The molecule has 1 heterocycles. The molecule has 0 radical (unpaired) electrons. The van der Waals surface area contributed by atoms with Crippen molar-refractivity contribution in [2.75, 3.05) is 29.6 Å². The highest BCUT2D eigenvalue weighted by atomic mass is 32.2. The Kier molecular flexibility index (Phi) is 6.64. The van der Waals surface area contributed by atoms with Crippen LogP contribution in [0.25, 0.3) is 0 Å². The average molecular weight is 270 g/mol. The van der Waals surface area contributed by atoms with E-state index in [1.54, 1.807) is 0 Å². The van der Waals surface area contributed by atoms with Crippen molar-refractivity contribution >= 4 is 23.3 Å². The molecule has 0 unspecified atom stereocenters. The SMILES string of the molecule is CSCCCCNc1ncnc(OC(C)C)c1N. The van der Waals surface area contributed by atoms with Crippen molar-refractivity contribution in [3.8, 4) is 5.88 Å². The molecule has 0 aliphatic carbocycles. The summed E-state index contributed by atoms with van der Waals surface area (Å²) in [5.41, 5.74) is 6.44. The molecule has 0 aliphatic rings. The third-order valence-corrected chi connectivity index (χ3v) is 2.96. The van der Waals surface area contributed by atoms with Crippen LogP contribution in [0.3, 0.4) is 0 Å². The van der Waals surface area contributed by atoms with Crippen molar-refractivity contribution in [3.05, 3.63) is 6.33 Å². The zero-order chi connectivity index (χ0) is 13.4. The molecule has 0 fully saturated rings. The third-order valence-electron chi connectivity index (χ3n) is 2.26. The predicted octanol–water partition coefficient (Wildman–Crippen LogP) is 2.40. The van der Waals surface area contributed by atoms with Crippen LogP contribution in [0.15, 0.2) is 6.33 Å². The number of ether oxygens (including phenoxy) is 1. The number of nitrogen functional groups attached to an aromatic ring is 1. The van der Waals surface area contributed by atoms with E-state index in [2.05, 4.69) is 21.5 Å². The number of hydrogen-bond acceptors (Lipinski definition) is 6. The lowest BCUT2D eigenvalue weighted by Gasteiger charge is -2.13. The maximum Gasteiger partial charge on any atom is 0.242 e. The third kappa shape index (κ3) is 5.00. The van der Waals surface area contributed by atoms with Gasteiger partial charge in [-0.05, 0) is 38.7 Å². The first-order valence-corrected chi connectivity index (χ1v) is 7.54. The van der Waals surface area contributed by atoms with Gasteiger partial charge in [0, 0.05) is 6.54 Å². The van der Waals surface area contributed by atoms with Crippen molar-refractivity contribution in [3.63, 3.8) is 0 Å². The summed E-state index contributed by atoms with van der Waals surface area (Å²) in [7, 11) is 0. The average Bonchev–Trinajstić information content (AvgIpc) is 2.33. The summed E-state index contributed by atoms with van der Waals surface area (Å²) in [5.74, 6) is 2.29. The monoisotopic (exact) mass is 270 g/mol. The van der Waals surface area contributed by atoms with Gasteiger partial charge in [0.2, 0.25) is 5.88 Å². The summed E-state index contributed by atoms with van der Waals surface area (Å²) in [5, 5.41) is 3.22. The smallest absolute Gasteiger partial charge is 0.242 e. The molecule has 1 aromatic heterocycles. The second-order valence-electron chi connectivity index (χ2n) is 4.23. The topological polar surface area (TPSA) is 73.1 Å². The largest absolute Gasteiger partial charge is 0.473 e. The minimum Gasteiger partial charge on any atom is -0.473 e. The van der Waals surface area contributed by atoms with Gasteiger partial charge in [0.25, 0.3) is 0 Å². The van der Waals surface area contributed by atoms with Gasteiger partial charge in [-0.1, -0.05) is 0 Å². The van der Waals surface area contributed by atoms with Gasteiger partial charge in [-0.3, -0.25) is 0 Å². The first kappa shape index (κ1) is 14.9. The minimum absolute atomic E-state index is 0.0524. The van der Waals surface area contributed by atoms with E-state index in [1.807, 2.05) is 25.6 Å². The van der Waals surface area contributed by atoms with Crippen molar-refractivity contribution in [1.82, 2.24) is 9.97 Å². The maximum atomic E-state index is 5.96. The lowest BCUT2D eigenvalue weighted by molar-refractivity contribution is 0.234. The van der Waals surface area contributed by atoms with Crippen LogP contribution in [0.1, 0.15) is 26.7 Å². The number of thioether (sulfide) groups is 1. The van der Waals surface area contributed by atoms with E-state index in [0.717, 1.165) is 13.0 Å². The zero-order valence-corrected chi connectivity index (χ0v) is 12.1. The fourth-order valence-electron chi connectivity index (χ4n) is 1.42. The van der Waals surface area contributed by atoms with Crippen LogP contribution >= 0.6 is 11.8 Å². The molecule has 102 valence electrons. The Morgan fingerprint density at radius 1 is 1.39 bits per heavy atom. The summed E-state index contributed by atoms with van der Waals surface area (Å²) < 4.78 is 5.51. The predicted molar refractivity (Wildman–Crippen MR) is 78.3 cm³/mol. The Morgan fingerprint density at radius 3 is 2.83 bits per heavy atom. The number of nitrogens with two attached hydrogens (primary N) is 1. The summed E-state index contributed by atoms with van der Waals surface area (Å²) in [6, 6.07) is 0. The van der Waals surface area contributed by atoms with Gasteiger partial charge in [-0.15, -0.1) is 0 Å². The van der Waals surface area contributed by atoms with Gasteiger partial charge < -0.3 is 15.8 Å². The van der Waals surface area contributed by atoms with Crippen molar-refractivity contribution in [2.45, 2.75) is 32.8 Å². The van der Waals surface area contributed by atoms with E-state index in [-0.39, 0.29) is 6.10 Å². The summed E-state index contributed by atoms with van der Waals surface area (Å²) in [4.78, 5) is 8.17. The number of nitrogens with one attached hydrogen (secondary N) is 1. The van der Waals surface area contributed by atoms with E-state index in [9.17, 15) is 0 Å². The highest BCUT2D eigenvalue weighted by Gasteiger charge is 2.09. The van der Waals surface area contributed by atoms with Crippen molar-refractivity contribution in [2.24, 2.45) is 0 Å². The second kappa shape index (κ2) is 8.02. The standard InChI is InChI=1S/C12H22N4OS/c1-9(2)17-12-10(13)11(15-8-16-12)14-6-4-5-7-18-3/h8-9H,4-7,13H2,1-3H3,(H,14,15,16). The molecule has 0 aromatic carbocycles. The fraction of sp³-hybridized carbons (Fsp3) is 0.667. The Balaban J connectivity index is 2.50. The normalized spacial score (nSPS) is 10.7. The van der Waals surface area contributed by atoms with Crippen LogP contribution in [-0.2, 0) is 0 Å². The van der Waals surface area contributed by atoms with E-state index < -0.39 is 0 Å². The number of unbranched alkanes of at least 4 members (excludes halogenated alkanes) is 1. The van der Waals surface area contributed by atoms with Gasteiger partial charge in [-0.2, -0.15) is 16.7 Å². The number of nitrogens with zero attached hydrogens (tertiary/aromatic N) is 2. The maximum absolute atomic E-state index is 5.96. The molecule has 1 aromatic rings. The number of rotatable bonds is 8. The first-order valence-electron chi connectivity index (χ1n) is 6.15. The summed E-state index contributed by atoms with van der Waals surface area (Å²) in [6.45, 7) is 4.75. The minimum atomic E-state index is 0.0524. The highest BCUT2D eigenvalue weighted by molar-refractivity contribution is 7.98. The van der Waals surface area contributed by atoms with Crippen LogP contribution in [-0.4, -0.2) is 34.6 Å². The van der Waals surface area contributed by atoms with E-state index in [4.69, 9.17) is 10.5 Å². The molecule has 0 aliphatic heterocycles. The number of aromatic nitrogens is 2. The fourth-order valence-corrected chi connectivity index (χ4v) is 1.91. The molecule has 0 bridgehead atoms. The van der Waals surface area contributed by atoms with Crippen LogP contribution in [0.4, 0.5) is 11.5 Å². The molecule has 0 saturated carbocycles. The number of anilines is 2. The van der Waals surface area contributed by atoms with Crippen LogP contribution in [0, 0.1) is 0 Å². The van der Waals surface area contributed by atoms with Gasteiger partial charge in [0.1, 0.15) is 12.0 Å². The zero-order valence-electron chi connectivity index (χ0n) is 11.3. The van der Waals surface area contributed by atoms with E-state index in [0.29, 0.717) is 17.4 Å². The molecule has 6 heteroatoms. The Morgan fingerprint density at radius 2 is 2.17 bits per heavy atom. The Labute approximate surface area is 113 Å². The first-order chi connectivity index (χ1) is 8.65. The molecule has 0 atom stereocenters. The Bertz CT molecular complexity index is 360. The van der Waals surface area contributed by atoms with Gasteiger partial charge in [0.05, 0.1) is 6.10 Å². The van der Waals surface area contributed by atoms with Crippen molar-refractivity contribution < 1.29 is 4.74 Å². The molecule has 18 heavy (non-hydrogen) atoms. The van der Waals surface area contributed by atoms with Crippen LogP contribution in [0.2, 0.25) is 0 Å². The number of hydrogen-bond donors (Lipinski definition) is 2. The lowest BCUT2D eigenvalue weighted by Crippen LogP contribution is -2.12. The molecule has 5 nitrogen and oxygen atoms in total. The van der Waals surface area contributed by atoms with Crippen LogP contribution < -0.4 is 15.8 Å². The molecule has 3 N–H and O–H groups in total. The molecular formula is C12H22N4OS. The van der Waals surface area contributed by atoms with Crippen LogP contribution in [0.5, 0.6) is 5.88 Å². The molecule has 0 spiro atoms. The van der Waals surface area contributed by atoms with Gasteiger partial charge >= 0.3 is 0 Å². The quantitative estimate of drug-likeness (QED) is 0.707. The molecular weight excluding hydrogens is 248 g/mol. The summed E-state index contributed by atoms with van der Waals surface area (Å²) >= 11 is 1.86. The lowest BCUT2D eigenvalue weighted by atomic mass is 10.3. The molecule has 0 amide bonds. The molecule has 1 rings (SSSR count). The van der Waals surface area contributed by atoms with Crippen molar-refractivity contribution in [1.29, 1.82) is 0 Å². The molecule has 0 saturated heterocycles. The van der Waals surface area contributed by atoms with E-state index in [1.165, 1.54) is 18.5 Å². The Hall–Kier alpha value is -1.17.